The average molecular weight is 303 g/mol. The SMILES string of the molecule is [O-][NH+](O)c1cnc(Cl)nc1NC[C@H]1CC[C@H](CO)CC1. The van der Waals surface area contributed by atoms with E-state index in [1.165, 1.54) is 6.20 Å². The molecule has 1 aromatic rings. The summed E-state index contributed by atoms with van der Waals surface area (Å²) in [4.78, 5) is 7.61. The third-order valence-corrected chi connectivity index (χ3v) is 3.95. The highest BCUT2D eigenvalue weighted by molar-refractivity contribution is 6.28. The van der Waals surface area contributed by atoms with Gasteiger partial charge in [-0.15, -0.1) is 0 Å². The maximum absolute atomic E-state index is 11.1. The fourth-order valence-electron chi connectivity index (χ4n) is 2.51. The Labute approximate surface area is 122 Å². The maximum Gasteiger partial charge on any atom is 0.225 e. The van der Waals surface area contributed by atoms with Crippen LogP contribution in [0.3, 0.4) is 0 Å². The summed E-state index contributed by atoms with van der Waals surface area (Å²) in [6, 6.07) is 0. The number of hydrogen-bond acceptors (Lipinski definition) is 6. The molecule has 1 saturated carbocycles. The minimum absolute atomic E-state index is 0.0263. The second-order valence-corrected chi connectivity index (χ2v) is 5.49. The standard InChI is InChI=1S/C12H19ClN4O3/c13-12-15-6-10(17(19)20)11(16-12)14-5-8-1-3-9(7-18)4-2-8/h6,8-9,17-19H,1-5,7H2,(H,14,15,16)/t8-,9-. The molecule has 1 heterocycles. The Morgan fingerprint density at radius 3 is 2.60 bits per heavy atom. The van der Waals surface area contributed by atoms with Crippen molar-refractivity contribution in [2.75, 3.05) is 18.5 Å². The third kappa shape index (κ3) is 4.00. The molecule has 2 rings (SSSR count). The summed E-state index contributed by atoms with van der Waals surface area (Å²) in [5.41, 5.74) is 0.0263. The van der Waals surface area contributed by atoms with Crippen LogP contribution in [-0.2, 0) is 0 Å². The zero-order chi connectivity index (χ0) is 14.5. The average Bonchev–Trinajstić information content (AvgIpc) is 2.45. The highest BCUT2D eigenvalue weighted by Crippen LogP contribution is 2.29. The van der Waals surface area contributed by atoms with E-state index in [1.807, 2.05) is 0 Å². The summed E-state index contributed by atoms with van der Waals surface area (Å²) in [6.07, 6.45) is 5.29. The Bertz CT molecular complexity index is 439. The second-order valence-electron chi connectivity index (χ2n) is 5.16. The third-order valence-electron chi connectivity index (χ3n) is 3.77. The number of nitrogens with zero attached hydrogens (tertiary/aromatic N) is 2. The van der Waals surface area contributed by atoms with Gasteiger partial charge in [-0.2, -0.15) is 10.2 Å². The molecule has 1 fully saturated rings. The molecular weight excluding hydrogens is 284 g/mol. The van der Waals surface area contributed by atoms with Crippen LogP contribution in [0.1, 0.15) is 25.7 Å². The van der Waals surface area contributed by atoms with Gasteiger partial charge in [-0.25, -0.2) is 10.2 Å². The van der Waals surface area contributed by atoms with Crippen molar-refractivity contribution < 1.29 is 15.5 Å². The number of halogens is 1. The van der Waals surface area contributed by atoms with Crippen LogP contribution in [-0.4, -0.2) is 33.4 Å². The largest absolute Gasteiger partial charge is 0.595 e. The highest BCUT2D eigenvalue weighted by Gasteiger charge is 2.21. The van der Waals surface area contributed by atoms with Crippen LogP contribution in [0.15, 0.2) is 6.20 Å². The van der Waals surface area contributed by atoms with Crippen LogP contribution in [0, 0.1) is 17.0 Å². The molecular formula is C12H19ClN4O3. The quantitative estimate of drug-likeness (QED) is 0.472. The van der Waals surface area contributed by atoms with Crippen molar-refractivity contribution in [3.05, 3.63) is 16.7 Å². The van der Waals surface area contributed by atoms with Crippen molar-refractivity contribution in [2.45, 2.75) is 25.7 Å². The summed E-state index contributed by atoms with van der Waals surface area (Å²) >= 11 is 5.70. The molecule has 112 valence electrons. The summed E-state index contributed by atoms with van der Waals surface area (Å²) in [5, 5.41) is 31.3. The van der Waals surface area contributed by atoms with E-state index in [0.29, 0.717) is 18.4 Å². The Morgan fingerprint density at radius 1 is 1.35 bits per heavy atom. The molecule has 0 aliphatic heterocycles. The lowest BCUT2D eigenvalue weighted by molar-refractivity contribution is -0.991. The number of anilines is 1. The first kappa shape index (κ1) is 15.4. The van der Waals surface area contributed by atoms with Crippen molar-refractivity contribution >= 4 is 23.1 Å². The maximum atomic E-state index is 11.1. The highest BCUT2D eigenvalue weighted by atomic mass is 35.5. The first-order chi connectivity index (χ1) is 9.60. The molecule has 1 unspecified atom stereocenters. The predicted octanol–water partition coefficient (Wildman–Crippen LogP) is 0.744. The topological polar surface area (TPSA) is 106 Å². The Kier molecular flexibility index (Phi) is 5.50. The fourth-order valence-corrected chi connectivity index (χ4v) is 2.64. The Morgan fingerprint density at radius 2 is 2.00 bits per heavy atom. The van der Waals surface area contributed by atoms with Gasteiger partial charge < -0.3 is 15.6 Å². The van der Waals surface area contributed by atoms with E-state index in [4.69, 9.17) is 21.9 Å². The van der Waals surface area contributed by atoms with E-state index in [2.05, 4.69) is 15.3 Å². The molecule has 7 nitrogen and oxygen atoms in total. The molecule has 1 aliphatic carbocycles. The molecule has 8 heteroatoms. The Balaban J connectivity index is 1.92. The second kappa shape index (κ2) is 7.14. The van der Waals surface area contributed by atoms with Gasteiger partial charge >= 0.3 is 0 Å². The lowest BCUT2D eigenvalue weighted by Crippen LogP contribution is -2.99. The van der Waals surface area contributed by atoms with Gasteiger partial charge in [0.2, 0.25) is 11.0 Å². The molecule has 1 atom stereocenters. The molecule has 0 spiro atoms. The van der Waals surface area contributed by atoms with Crippen LogP contribution in [0.2, 0.25) is 5.28 Å². The predicted molar refractivity (Wildman–Crippen MR) is 73.8 cm³/mol. The van der Waals surface area contributed by atoms with Crippen LogP contribution < -0.4 is 10.5 Å². The lowest BCUT2D eigenvalue weighted by Gasteiger charge is -2.27. The van der Waals surface area contributed by atoms with Gasteiger partial charge in [0, 0.05) is 13.2 Å². The van der Waals surface area contributed by atoms with Crippen LogP contribution >= 0.6 is 11.6 Å². The number of quaternary nitrogens is 1. The monoisotopic (exact) mass is 302 g/mol. The number of rotatable bonds is 5. The van der Waals surface area contributed by atoms with Gasteiger partial charge in [-0.3, -0.25) is 0 Å². The molecule has 0 bridgehead atoms. The normalized spacial score (nSPS) is 24.4. The number of aromatic nitrogens is 2. The van der Waals surface area contributed by atoms with Crippen molar-refractivity contribution in [1.29, 1.82) is 0 Å². The summed E-state index contributed by atoms with van der Waals surface area (Å²) in [6.45, 7) is 0.913. The number of nitrogens with one attached hydrogen (secondary N) is 2. The van der Waals surface area contributed by atoms with Crippen molar-refractivity contribution in [2.24, 2.45) is 11.8 Å². The van der Waals surface area contributed by atoms with Crippen LogP contribution in [0.25, 0.3) is 0 Å². The number of hydrogen-bond donors (Lipinski definition) is 4. The van der Waals surface area contributed by atoms with Crippen molar-refractivity contribution in [1.82, 2.24) is 9.97 Å². The van der Waals surface area contributed by atoms with E-state index >= 15 is 0 Å². The van der Waals surface area contributed by atoms with E-state index in [-0.39, 0.29) is 23.4 Å². The van der Waals surface area contributed by atoms with E-state index in [9.17, 15) is 5.21 Å². The molecule has 0 amide bonds. The minimum Gasteiger partial charge on any atom is -0.595 e. The summed E-state index contributed by atoms with van der Waals surface area (Å²) in [5.74, 6) is 1.14. The van der Waals surface area contributed by atoms with Gasteiger partial charge in [-0.05, 0) is 49.1 Å². The minimum atomic E-state index is -1.08. The fraction of sp³-hybridized carbons (Fsp3) is 0.667. The zero-order valence-electron chi connectivity index (χ0n) is 11.0. The zero-order valence-corrected chi connectivity index (χ0v) is 11.8. The summed E-state index contributed by atoms with van der Waals surface area (Å²) in [7, 11) is 0. The molecule has 4 N–H and O–H groups in total. The van der Waals surface area contributed by atoms with Crippen LogP contribution in [0.4, 0.5) is 11.5 Å². The van der Waals surface area contributed by atoms with Crippen molar-refractivity contribution in [3.8, 4) is 0 Å². The van der Waals surface area contributed by atoms with Gasteiger partial charge in [0.05, 0.1) is 6.20 Å². The lowest BCUT2D eigenvalue weighted by atomic mass is 9.82. The smallest absolute Gasteiger partial charge is 0.225 e. The van der Waals surface area contributed by atoms with E-state index in [1.54, 1.807) is 0 Å². The van der Waals surface area contributed by atoms with Crippen LogP contribution in [0.5, 0.6) is 0 Å². The number of aliphatic hydroxyl groups excluding tert-OH is 1. The first-order valence-electron chi connectivity index (χ1n) is 6.70. The van der Waals surface area contributed by atoms with Crippen molar-refractivity contribution in [3.63, 3.8) is 0 Å². The molecule has 1 aliphatic rings. The molecule has 20 heavy (non-hydrogen) atoms. The van der Waals surface area contributed by atoms with Gasteiger partial charge in [0.25, 0.3) is 0 Å². The molecule has 0 radical (unpaired) electrons. The van der Waals surface area contributed by atoms with Gasteiger partial charge in [-0.1, -0.05) is 0 Å². The van der Waals surface area contributed by atoms with Gasteiger partial charge in [0.15, 0.2) is 5.82 Å². The van der Waals surface area contributed by atoms with E-state index < -0.39 is 5.23 Å². The molecule has 0 saturated heterocycles. The molecule has 0 aromatic carbocycles. The first-order valence-corrected chi connectivity index (χ1v) is 7.08. The number of aliphatic hydroxyl groups is 1. The Hall–Kier alpha value is -0.990. The summed E-state index contributed by atoms with van der Waals surface area (Å²) < 4.78 is 0. The molecule has 1 aromatic heterocycles. The van der Waals surface area contributed by atoms with Gasteiger partial charge in [0.1, 0.15) is 0 Å². The van der Waals surface area contributed by atoms with E-state index in [0.717, 1.165) is 25.7 Å².